The van der Waals surface area contributed by atoms with Crippen molar-refractivity contribution in [1.29, 1.82) is 0 Å². The maximum atomic E-state index is 12.7. The van der Waals surface area contributed by atoms with Gasteiger partial charge in [-0.15, -0.1) is 0 Å². The first kappa shape index (κ1) is 21.8. The summed E-state index contributed by atoms with van der Waals surface area (Å²) in [6, 6.07) is 13.9. The van der Waals surface area contributed by atoms with E-state index in [4.69, 9.17) is 10.5 Å². The zero-order chi connectivity index (χ0) is 20.6. The summed E-state index contributed by atoms with van der Waals surface area (Å²) in [5.41, 5.74) is 5.80. The molecule has 2 aromatic rings. The standard InChI is InChI=1S/C21H25F3N2O2/c1-15(25)7-12-20(27)26-14-13-19(16-5-3-2-4-6-16)28-18-10-8-17(9-11-18)21(22,23)24/h2-6,8-11,15,19H,7,12-14,25H2,1H3,(H,26,27). The lowest BCUT2D eigenvalue weighted by molar-refractivity contribution is -0.137. The monoisotopic (exact) mass is 394 g/mol. The molecule has 2 unspecified atom stereocenters. The third-order valence-electron chi connectivity index (χ3n) is 4.19. The van der Waals surface area contributed by atoms with Gasteiger partial charge >= 0.3 is 6.18 Å². The molecule has 3 N–H and O–H groups in total. The highest BCUT2D eigenvalue weighted by Crippen LogP contribution is 2.31. The zero-order valence-electron chi connectivity index (χ0n) is 15.7. The van der Waals surface area contributed by atoms with Crippen molar-refractivity contribution in [2.45, 2.75) is 44.5 Å². The van der Waals surface area contributed by atoms with E-state index in [0.717, 1.165) is 17.7 Å². The molecule has 0 aliphatic carbocycles. The molecule has 0 saturated carbocycles. The first-order valence-electron chi connectivity index (χ1n) is 9.17. The molecule has 0 spiro atoms. The molecule has 2 aromatic carbocycles. The number of benzene rings is 2. The summed E-state index contributed by atoms with van der Waals surface area (Å²) in [6.07, 6.45) is -3.34. The second-order valence-corrected chi connectivity index (χ2v) is 6.69. The second-order valence-electron chi connectivity index (χ2n) is 6.69. The second kappa shape index (κ2) is 10.1. The van der Waals surface area contributed by atoms with Crippen molar-refractivity contribution >= 4 is 5.91 Å². The number of ether oxygens (including phenoxy) is 1. The molecule has 0 saturated heterocycles. The molecule has 4 nitrogen and oxygen atoms in total. The van der Waals surface area contributed by atoms with Crippen LogP contribution in [-0.2, 0) is 11.0 Å². The molecule has 2 rings (SSSR count). The Morgan fingerprint density at radius 3 is 2.29 bits per heavy atom. The van der Waals surface area contributed by atoms with Gasteiger partial charge in [-0.3, -0.25) is 4.79 Å². The molecular weight excluding hydrogens is 369 g/mol. The van der Waals surface area contributed by atoms with E-state index < -0.39 is 17.8 Å². The van der Waals surface area contributed by atoms with Crippen LogP contribution in [0, 0.1) is 0 Å². The quantitative estimate of drug-likeness (QED) is 0.660. The maximum absolute atomic E-state index is 12.7. The molecule has 0 fully saturated rings. The molecule has 1 amide bonds. The fraction of sp³-hybridized carbons (Fsp3) is 0.381. The topological polar surface area (TPSA) is 64.4 Å². The van der Waals surface area contributed by atoms with E-state index in [9.17, 15) is 18.0 Å². The van der Waals surface area contributed by atoms with Crippen LogP contribution in [0.2, 0.25) is 0 Å². The number of nitrogens with two attached hydrogens (primary N) is 1. The number of nitrogens with one attached hydrogen (secondary N) is 1. The fourth-order valence-corrected chi connectivity index (χ4v) is 2.64. The Bertz CT molecular complexity index is 732. The van der Waals surface area contributed by atoms with Crippen molar-refractivity contribution in [3.63, 3.8) is 0 Å². The summed E-state index contributed by atoms with van der Waals surface area (Å²) in [7, 11) is 0. The van der Waals surface area contributed by atoms with Crippen LogP contribution in [0.5, 0.6) is 5.75 Å². The number of hydrogen-bond donors (Lipinski definition) is 2. The Morgan fingerprint density at radius 1 is 1.07 bits per heavy atom. The van der Waals surface area contributed by atoms with Crippen LogP contribution in [-0.4, -0.2) is 18.5 Å². The summed E-state index contributed by atoms with van der Waals surface area (Å²) in [6.45, 7) is 2.23. The van der Waals surface area contributed by atoms with Crippen LogP contribution in [0.15, 0.2) is 54.6 Å². The summed E-state index contributed by atoms with van der Waals surface area (Å²) in [4.78, 5) is 11.8. The molecular formula is C21H25F3N2O2. The molecule has 7 heteroatoms. The van der Waals surface area contributed by atoms with Crippen molar-refractivity contribution in [3.8, 4) is 5.75 Å². The lowest BCUT2D eigenvalue weighted by Crippen LogP contribution is -2.28. The molecule has 0 aromatic heterocycles. The predicted octanol–water partition coefficient (Wildman–Crippen LogP) is 4.46. The summed E-state index contributed by atoms with van der Waals surface area (Å²) >= 11 is 0. The van der Waals surface area contributed by atoms with Gasteiger partial charge in [0.2, 0.25) is 5.91 Å². The van der Waals surface area contributed by atoms with Gasteiger partial charge in [0.1, 0.15) is 11.9 Å². The average molecular weight is 394 g/mol. The van der Waals surface area contributed by atoms with Gasteiger partial charge in [-0.2, -0.15) is 13.2 Å². The van der Waals surface area contributed by atoms with E-state index in [2.05, 4.69) is 5.32 Å². The molecule has 0 heterocycles. The normalized spacial score (nSPS) is 13.6. The Morgan fingerprint density at radius 2 is 1.71 bits per heavy atom. The number of carbonyl (C=O) groups excluding carboxylic acids is 1. The molecule has 0 aliphatic rings. The minimum atomic E-state index is -4.39. The summed E-state index contributed by atoms with van der Waals surface area (Å²) < 4.78 is 44.0. The first-order valence-corrected chi connectivity index (χ1v) is 9.17. The van der Waals surface area contributed by atoms with Gasteiger partial charge < -0.3 is 15.8 Å². The third-order valence-corrected chi connectivity index (χ3v) is 4.19. The lowest BCUT2D eigenvalue weighted by Gasteiger charge is -2.20. The predicted molar refractivity (Wildman–Crippen MR) is 102 cm³/mol. The molecule has 2 atom stereocenters. The first-order chi connectivity index (χ1) is 13.3. The van der Waals surface area contributed by atoms with Gasteiger partial charge in [0.15, 0.2) is 0 Å². The Labute approximate surface area is 162 Å². The highest BCUT2D eigenvalue weighted by Gasteiger charge is 2.30. The van der Waals surface area contributed by atoms with Gasteiger partial charge in [0.25, 0.3) is 0 Å². The summed E-state index contributed by atoms with van der Waals surface area (Å²) in [5, 5.41) is 2.83. The third kappa shape index (κ3) is 7.23. The number of amides is 1. The Kier molecular flexibility index (Phi) is 7.87. The van der Waals surface area contributed by atoms with Crippen molar-refractivity contribution in [1.82, 2.24) is 5.32 Å². The van der Waals surface area contributed by atoms with Crippen LogP contribution in [0.25, 0.3) is 0 Å². The number of carbonyl (C=O) groups is 1. The maximum Gasteiger partial charge on any atom is 0.416 e. The van der Waals surface area contributed by atoms with Crippen molar-refractivity contribution < 1.29 is 22.7 Å². The molecule has 152 valence electrons. The van der Waals surface area contributed by atoms with E-state index in [1.807, 2.05) is 37.3 Å². The highest BCUT2D eigenvalue weighted by molar-refractivity contribution is 5.75. The van der Waals surface area contributed by atoms with Crippen molar-refractivity contribution in [3.05, 3.63) is 65.7 Å². The van der Waals surface area contributed by atoms with Gasteiger partial charge in [-0.25, -0.2) is 0 Å². The van der Waals surface area contributed by atoms with Crippen LogP contribution in [0.3, 0.4) is 0 Å². The van der Waals surface area contributed by atoms with Gasteiger partial charge in [0, 0.05) is 25.4 Å². The van der Waals surface area contributed by atoms with E-state index in [-0.39, 0.29) is 11.9 Å². The van der Waals surface area contributed by atoms with Crippen LogP contribution in [0.4, 0.5) is 13.2 Å². The van der Waals surface area contributed by atoms with E-state index in [1.54, 1.807) is 0 Å². The minimum Gasteiger partial charge on any atom is -0.486 e. The molecule has 0 aliphatic heterocycles. The minimum absolute atomic E-state index is 0.0363. The zero-order valence-corrected chi connectivity index (χ0v) is 15.7. The van der Waals surface area contributed by atoms with Gasteiger partial charge in [-0.05, 0) is 43.2 Å². The number of rotatable bonds is 9. The fourth-order valence-electron chi connectivity index (χ4n) is 2.64. The molecule has 28 heavy (non-hydrogen) atoms. The number of alkyl halides is 3. The van der Waals surface area contributed by atoms with E-state index in [0.29, 0.717) is 31.6 Å². The van der Waals surface area contributed by atoms with Crippen molar-refractivity contribution in [2.75, 3.05) is 6.54 Å². The van der Waals surface area contributed by atoms with E-state index >= 15 is 0 Å². The van der Waals surface area contributed by atoms with Gasteiger partial charge in [0.05, 0.1) is 5.56 Å². The Balaban J connectivity index is 1.99. The Hall–Kier alpha value is -2.54. The smallest absolute Gasteiger partial charge is 0.416 e. The van der Waals surface area contributed by atoms with Gasteiger partial charge in [-0.1, -0.05) is 30.3 Å². The lowest BCUT2D eigenvalue weighted by atomic mass is 10.1. The SMILES string of the molecule is CC(N)CCC(=O)NCCC(Oc1ccc(C(F)(F)F)cc1)c1ccccc1. The van der Waals surface area contributed by atoms with Crippen LogP contribution >= 0.6 is 0 Å². The highest BCUT2D eigenvalue weighted by atomic mass is 19.4. The average Bonchev–Trinajstić information content (AvgIpc) is 2.66. The molecule has 0 bridgehead atoms. The largest absolute Gasteiger partial charge is 0.486 e. The number of hydrogen-bond acceptors (Lipinski definition) is 3. The van der Waals surface area contributed by atoms with E-state index in [1.165, 1.54) is 12.1 Å². The van der Waals surface area contributed by atoms with Crippen molar-refractivity contribution in [2.24, 2.45) is 5.73 Å². The van der Waals surface area contributed by atoms with Crippen LogP contribution < -0.4 is 15.8 Å². The van der Waals surface area contributed by atoms with Crippen LogP contribution in [0.1, 0.15) is 43.4 Å². The number of halogens is 3. The summed E-state index contributed by atoms with van der Waals surface area (Å²) in [5.74, 6) is 0.253. The molecule has 0 radical (unpaired) electrons.